The molecule has 1 saturated heterocycles. The topological polar surface area (TPSA) is 75.5 Å². The molecular formula is C16H24N6O2S. The highest BCUT2D eigenvalue weighted by atomic mass is 32.1. The quantitative estimate of drug-likeness (QED) is 0.878. The molecule has 0 bridgehead atoms. The summed E-state index contributed by atoms with van der Waals surface area (Å²) in [5.41, 5.74) is 1.09. The lowest BCUT2D eigenvalue weighted by Crippen LogP contribution is -2.50. The molecule has 0 saturated carbocycles. The fourth-order valence-corrected chi connectivity index (χ4v) is 3.58. The normalized spacial score (nSPS) is 14.8. The number of hydrogen-bond acceptors (Lipinski definition) is 6. The molecule has 25 heavy (non-hydrogen) atoms. The summed E-state index contributed by atoms with van der Waals surface area (Å²) < 4.78 is 6.78. The summed E-state index contributed by atoms with van der Waals surface area (Å²) in [4.78, 5) is 22.3. The number of carbonyl (C=O) groups is 1. The monoisotopic (exact) mass is 364 g/mol. The molecule has 1 aliphatic rings. The molecule has 1 N–H and O–H groups in total. The summed E-state index contributed by atoms with van der Waals surface area (Å²) in [6.07, 6.45) is 1.83. The average Bonchev–Trinajstić information content (AvgIpc) is 3.20. The number of nitrogens with one attached hydrogen (secondary N) is 1. The molecule has 1 fully saturated rings. The molecule has 0 unspecified atom stereocenters. The van der Waals surface area contributed by atoms with E-state index in [-0.39, 0.29) is 6.03 Å². The van der Waals surface area contributed by atoms with Crippen LogP contribution in [0.5, 0.6) is 0 Å². The first-order chi connectivity index (χ1) is 12.1. The van der Waals surface area contributed by atoms with E-state index in [4.69, 9.17) is 4.74 Å². The van der Waals surface area contributed by atoms with E-state index in [0.717, 1.165) is 23.9 Å². The highest BCUT2D eigenvalue weighted by Crippen LogP contribution is 2.26. The highest BCUT2D eigenvalue weighted by molar-refractivity contribution is 7.15. The van der Waals surface area contributed by atoms with Crippen LogP contribution >= 0.6 is 11.3 Å². The van der Waals surface area contributed by atoms with Crippen molar-refractivity contribution in [3.05, 3.63) is 22.8 Å². The summed E-state index contributed by atoms with van der Waals surface area (Å²) in [5.74, 6) is 0.565. The van der Waals surface area contributed by atoms with Crippen LogP contribution < -0.4 is 10.2 Å². The van der Waals surface area contributed by atoms with Crippen LogP contribution in [0.2, 0.25) is 0 Å². The number of hydrogen-bond donors (Lipinski definition) is 1. The molecule has 8 nitrogen and oxygen atoms in total. The molecule has 9 heteroatoms. The molecule has 0 atom stereocenters. The Kier molecular flexibility index (Phi) is 5.54. The zero-order chi connectivity index (χ0) is 17.8. The average molecular weight is 364 g/mol. The van der Waals surface area contributed by atoms with Crippen molar-refractivity contribution in [3.8, 4) is 0 Å². The number of anilines is 2. The smallest absolute Gasteiger partial charge is 0.323 e. The summed E-state index contributed by atoms with van der Waals surface area (Å²) in [6, 6.07) is 1.69. The SMILES string of the molecule is COCCn1ccc(NC(=O)N2CCN(c3nc(C)c(C)s3)CC2)n1. The standard InChI is InChI=1S/C16H24N6O2S/c1-12-13(2)25-16(17-12)21-8-6-20(7-9-21)15(23)18-14-4-5-22(19-14)10-11-24-3/h4-5H,6-11H2,1-3H3,(H,18,19,23). The molecule has 136 valence electrons. The number of nitrogens with zero attached hydrogens (tertiary/aromatic N) is 5. The van der Waals surface area contributed by atoms with E-state index < -0.39 is 0 Å². The third-order valence-electron chi connectivity index (χ3n) is 4.25. The number of urea groups is 1. The number of aromatic nitrogens is 3. The van der Waals surface area contributed by atoms with E-state index >= 15 is 0 Å². The molecular weight excluding hydrogens is 340 g/mol. The van der Waals surface area contributed by atoms with Gasteiger partial charge in [0.05, 0.1) is 18.8 Å². The van der Waals surface area contributed by atoms with Gasteiger partial charge in [0, 0.05) is 50.4 Å². The zero-order valence-electron chi connectivity index (χ0n) is 14.9. The van der Waals surface area contributed by atoms with Crippen molar-refractivity contribution in [3.63, 3.8) is 0 Å². The van der Waals surface area contributed by atoms with E-state index in [1.165, 1.54) is 4.88 Å². The second-order valence-electron chi connectivity index (χ2n) is 6.00. The number of thiazole rings is 1. The van der Waals surface area contributed by atoms with Crippen LogP contribution in [0.1, 0.15) is 10.6 Å². The Balaban J connectivity index is 1.50. The molecule has 3 rings (SSSR count). The van der Waals surface area contributed by atoms with Crippen molar-refractivity contribution in [2.24, 2.45) is 0 Å². The minimum Gasteiger partial charge on any atom is -0.383 e. The van der Waals surface area contributed by atoms with Gasteiger partial charge in [0.25, 0.3) is 0 Å². The fourth-order valence-electron chi connectivity index (χ4n) is 2.62. The van der Waals surface area contributed by atoms with Crippen LogP contribution in [0.15, 0.2) is 12.3 Å². The molecule has 0 radical (unpaired) electrons. The summed E-state index contributed by atoms with van der Waals surface area (Å²) in [7, 11) is 1.65. The van der Waals surface area contributed by atoms with Gasteiger partial charge in [-0.05, 0) is 13.8 Å². The lowest BCUT2D eigenvalue weighted by molar-refractivity contribution is 0.183. The summed E-state index contributed by atoms with van der Waals surface area (Å²) >= 11 is 1.72. The van der Waals surface area contributed by atoms with Crippen molar-refractivity contribution >= 4 is 28.3 Å². The number of rotatable bonds is 5. The van der Waals surface area contributed by atoms with Gasteiger partial charge >= 0.3 is 6.03 Å². The van der Waals surface area contributed by atoms with E-state index in [9.17, 15) is 4.79 Å². The number of methoxy groups -OCH3 is 1. The Labute approximate surface area is 151 Å². The number of ether oxygens (including phenoxy) is 1. The molecule has 2 amide bonds. The van der Waals surface area contributed by atoms with Crippen LogP contribution in [0, 0.1) is 13.8 Å². The minimum atomic E-state index is -0.108. The Morgan fingerprint density at radius 3 is 2.72 bits per heavy atom. The molecule has 0 aliphatic carbocycles. The first-order valence-electron chi connectivity index (χ1n) is 8.34. The van der Waals surface area contributed by atoms with Gasteiger partial charge < -0.3 is 14.5 Å². The largest absolute Gasteiger partial charge is 0.383 e. The number of carbonyl (C=O) groups excluding carboxylic acids is 1. The van der Waals surface area contributed by atoms with Crippen molar-refractivity contribution in [2.45, 2.75) is 20.4 Å². The minimum absolute atomic E-state index is 0.108. The maximum atomic E-state index is 12.4. The van der Waals surface area contributed by atoms with Crippen molar-refractivity contribution in [1.29, 1.82) is 0 Å². The molecule has 3 heterocycles. The van der Waals surface area contributed by atoms with Gasteiger partial charge in [-0.15, -0.1) is 11.3 Å². The van der Waals surface area contributed by atoms with Crippen LogP contribution in [0.4, 0.5) is 15.7 Å². The van der Waals surface area contributed by atoms with Crippen molar-refractivity contribution in [1.82, 2.24) is 19.7 Å². The van der Waals surface area contributed by atoms with Gasteiger partial charge in [-0.3, -0.25) is 10.00 Å². The Morgan fingerprint density at radius 1 is 1.32 bits per heavy atom. The second kappa shape index (κ2) is 7.83. The summed E-state index contributed by atoms with van der Waals surface area (Å²) in [6.45, 7) is 8.31. The van der Waals surface area contributed by atoms with Gasteiger partial charge in [0.15, 0.2) is 10.9 Å². The Bertz CT molecular complexity index is 701. The number of aryl methyl sites for hydroxylation is 2. The van der Waals surface area contributed by atoms with E-state index in [0.29, 0.717) is 32.1 Å². The van der Waals surface area contributed by atoms with Gasteiger partial charge in [-0.25, -0.2) is 9.78 Å². The molecule has 0 aromatic carbocycles. The summed E-state index contributed by atoms with van der Waals surface area (Å²) in [5, 5.41) is 8.22. The van der Waals surface area contributed by atoms with E-state index in [1.807, 2.05) is 18.0 Å². The van der Waals surface area contributed by atoms with Crippen molar-refractivity contribution < 1.29 is 9.53 Å². The van der Waals surface area contributed by atoms with Gasteiger partial charge in [-0.2, -0.15) is 5.10 Å². The van der Waals surface area contributed by atoms with Crippen LogP contribution in [-0.2, 0) is 11.3 Å². The first-order valence-corrected chi connectivity index (χ1v) is 9.16. The Hall–Kier alpha value is -2.13. The third-order valence-corrected chi connectivity index (χ3v) is 5.39. The van der Waals surface area contributed by atoms with Gasteiger partial charge in [-0.1, -0.05) is 0 Å². The maximum absolute atomic E-state index is 12.4. The van der Waals surface area contributed by atoms with Crippen LogP contribution in [-0.4, -0.2) is 65.6 Å². The Morgan fingerprint density at radius 2 is 2.08 bits per heavy atom. The van der Waals surface area contributed by atoms with Crippen LogP contribution in [0.25, 0.3) is 0 Å². The molecule has 2 aromatic heterocycles. The lowest BCUT2D eigenvalue weighted by atomic mass is 10.3. The predicted octanol–water partition coefficient (Wildman–Crippen LogP) is 1.96. The molecule has 2 aromatic rings. The maximum Gasteiger partial charge on any atom is 0.323 e. The van der Waals surface area contributed by atoms with Crippen molar-refractivity contribution in [2.75, 3.05) is 50.1 Å². The third kappa shape index (κ3) is 4.29. The number of amides is 2. The van der Waals surface area contributed by atoms with E-state index in [1.54, 1.807) is 29.2 Å². The second-order valence-corrected chi connectivity index (χ2v) is 7.18. The first kappa shape index (κ1) is 17.7. The predicted molar refractivity (Wildman–Crippen MR) is 98.5 cm³/mol. The molecule has 0 spiro atoms. The fraction of sp³-hybridized carbons (Fsp3) is 0.562. The van der Waals surface area contributed by atoms with Crippen LogP contribution in [0.3, 0.4) is 0 Å². The highest BCUT2D eigenvalue weighted by Gasteiger charge is 2.23. The zero-order valence-corrected chi connectivity index (χ0v) is 15.7. The van der Waals surface area contributed by atoms with E-state index in [2.05, 4.69) is 27.2 Å². The van der Waals surface area contributed by atoms with Gasteiger partial charge in [0.1, 0.15) is 0 Å². The lowest BCUT2D eigenvalue weighted by Gasteiger charge is -2.34. The molecule has 1 aliphatic heterocycles. The number of piperazine rings is 1. The van der Waals surface area contributed by atoms with Gasteiger partial charge in [0.2, 0.25) is 0 Å².